The van der Waals surface area contributed by atoms with Gasteiger partial charge < -0.3 is 5.32 Å². The van der Waals surface area contributed by atoms with Crippen molar-refractivity contribution in [3.05, 3.63) is 53.1 Å². The van der Waals surface area contributed by atoms with Crippen LogP contribution in [0.2, 0.25) is 0 Å². The molecule has 1 N–H and O–H groups in total. The highest BCUT2D eigenvalue weighted by Crippen LogP contribution is 2.35. The topological polar surface area (TPSA) is 55.2 Å². The molecule has 0 radical (unpaired) electrons. The fourth-order valence-electron chi connectivity index (χ4n) is 1.88. The normalized spacial score (nSPS) is 12.2. The Morgan fingerprint density at radius 2 is 2.05 bits per heavy atom. The van der Waals surface area contributed by atoms with Gasteiger partial charge in [-0.05, 0) is 63.2 Å². The molecule has 4 nitrogen and oxygen atoms in total. The molecule has 7 heteroatoms. The van der Waals surface area contributed by atoms with E-state index in [0.717, 1.165) is 19.5 Å². The second kappa shape index (κ2) is 6.24. The highest BCUT2D eigenvalue weighted by atomic mass is 79.9. The zero-order valence-corrected chi connectivity index (χ0v) is 14.8. The molecule has 1 aromatic carbocycles. The third-order valence-electron chi connectivity index (χ3n) is 2.89. The number of hydrogen-bond donors (Lipinski definition) is 1. The average molecular weight is 420 g/mol. The van der Waals surface area contributed by atoms with Crippen LogP contribution in [0.3, 0.4) is 0 Å². The minimum absolute atomic E-state index is 0.0583. The smallest absolute Gasteiger partial charge is 0.274 e. The van der Waals surface area contributed by atoms with E-state index in [0.29, 0.717) is 5.56 Å². The number of halogens is 2. The van der Waals surface area contributed by atoms with Gasteiger partial charge in [-0.2, -0.15) is 0 Å². The number of nitrogens with zero attached hydrogens (tertiary/aromatic N) is 1. The maximum Gasteiger partial charge on any atom is 0.274 e. The van der Waals surface area contributed by atoms with Gasteiger partial charge in [0.25, 0.3) is 5.69 Å². The molecule has 0 fully saturated rings. The summed E-state index contributed by atoms with van der Waals surface area (Å²) >= 11 is 8.58. The van der Waals surface area contributed by atoms with Crippen molar-refractivity contribution in [2.75, 3.05) is 5.32 Å². The first kappa shape index (κ1) is 15.5. The molecule has 106 valence electrons. The van der Waals surface area contributed by atoms with E-state index in [1.165, 1.54) is 0 Å². The van der Waals surface area contributed by atoms with Crippen LogP contribution in [0, 0.1) is 17.0 Å². The van der Waals surface area contributed by atoms with E-state index in [1.807, 2.05) is 18.4 Å². The largest absolute Gasteiger partial charge is 0.377 e. The standard InChI is InChI=1S/C13H12Br2N2O2S/c1-7-5-10(15)11(6-12(7)17(18)19)16-8(2)13-9(14)3-4-20-13/h3-6,8,16H,1-2H3. The Hall–Kier alpha value is -0.920. The third-order valence-corrected chi connectivity index (χ3v) is 5.60. The number of hydrogen-bond acceptors (Lipinski definition) is 4. The molecule has 1 unspecified atom stereocenters. The molecular formula is C13H12Br2N2O2S. The van der Waals surface area contributed by atoms with E-state index < -0.39 is 0 Å². The fourth-order valence-corrected chi connectivity index (χ4v) is 4.18. The number of nitro groups is 1. The molecule has 2 aromatic rings. The summed E-state index contributed by atoms with van der Waals surface area (Å²) in [7, 11) is 0. The van der Waals surface area contributed by atoms with Gasteiger partial charge in [0.1, 0.15) is 0 Å². The van der Waals surface area contributed by atoms with Crippen LogP contribution in [0.4, 0.5) is 11.4 Å². The summed E-state index contributed by atoms with van der Waals surface area (Å²) in [6.07, 6.45) is 0. The van der Waals surface area contributed by atoms with Crippen molar-refractivity contribution >= 4 is 54.6 Å². The van der Waals surface area contributed by atoms with Gasteiger partial charge in [0.15, 0.2) is 0 Å². The highest BCUT2D eigenvalue weighted by molar-refractivity contribution is 9.11. The summed E-state index contributed by atoms with van der Waals surface area (Å²) in [5.74, 6) is 0. The molecule has 0 aliphatic rings. The van der Waals surface area contributed by atoms with E-state index in [9.17, 15) is 10.1 Å². The first-order valence-corrected chi connectivity index (χ1v) is 8.30. The predicted octanol–water partition coefficient (Wildman–Crippen LogP) is 5.66. The van der Waals surface area contributed by atoms with Crippen molar-refractivity contribution in [1.82, 2.24) is 0 Å². The van der Waals surface area contributed by atoms with Crippen LogP contribution in [-0.4, -0.2) is 4.92 Å². The van der Waals surface area contributed by atoms with Crippen molar-refractivity contribution in [1.29, 1.82) is 0 Å². The molecule has 0 amide bonds. The number of thiophene rings is 1. The van der Waals surface area contributed by atoms with Crippen LogP contribution < -0.4 is 5.32 Å². The molecule has 20 heavy (non-hydrogen) atoms. The summed E-state index contributed by atoms with van der Waals surface area (Å²) in [5.41, 5.74) is 1.47. The Bertz CT molecular complexity index is 658. The van der Waals surface area contributed by atoms with Gasteiger partial charge in [0, 0.05) is 25.5 Å². The second-order valence-corrected chi connectivity index (χ2v) is 7.03. The lowest BCUT2D eigenvalue weighted by Gasteiger charge is -2.16. The lowest BCUT2D eigenvalue weighted by Crippen LogP contribution is -2.07. The monoisotopic (exact) mass is 418 g/mol. The molecule has 1 atom stereocenters. The van der Waals surface area contributed by atoms with Gasteiger partial charge in [0.2, 0.25) is 0 Å². The van der Waals surface area contributed by atoms with Crippen LogP contribution in [-0.2, 0) is 0 Å². The molecule has 1 heterocycles. The van der Waals surface area contributed by atoms with Crippen molar-refractivity contribution in [3.8, 4) is 0 Å². The summed E-state index contributed by atoms with van der Waals surface area (Å²) < 4.78 is 1.86. The molecule has 2 rings (SSSR count). The van der Waals surface area contributed by atoms with Crippen LogP contribution in [0.1, 0.15) is 23.4 Å². The van der Waals surface area contributed by atoms with Crippen LogP contribution >= 0.6 is 43.2 Å². The molecule has 0 bridgehead atoms. The molecule has 1 aromatic heterocycles. The minimum Gasteiger partial charge on any atom is -0.377 e. The van der Waals surface area contributed by atoms with E-state index in [-0.39, 0.29) is 16.7 Å². The number of rotatable bonds is 4. The van der Waals surface area contributed by atoms with Gasteiger partial charge in [-0.1, -0.05) is 0 Å². The summed E-state index contributed by atoms with van der Waals surface area (Å²) in [4.78, 5) is 11.8. The first-order valence-electron chi connectivity index (χ1n) is 5.84. The van der Waals surface area contributed by atoms with Gasteiger partial charge in [-0.25, -0.2) is 0 Å². The average Bonchev–Trinajstić information content (AvgIpc) is 2.78. The Balaban J connectivity index is 2.32. The maximum absolute atomic E-state index is 11.0. The Morgan fingerprint density at radius 1 is 1.35 bits per heavy atom. The molecule has 0 saturated heterocycles. The SMILES string of the molecule is Cc1cc(Br)c(NC(C)c2sccc2Br)cc1[N+](=O)[O-]. The van der Waals surface area contributed by atoms with Crippen LogP contribution in [0.15, 0.2) is 32.5 Å². The van der Waals surface area contributed by atoms with Crippen LogP contribution in [0.5, 0.6) is 0 Å². The Kier molecular flexibility index (Phi) is 4.82. The fraction of sp³-hybridized carbons (Fsp3) is 0.231. The van der Waals surface area contributed by atoms with E-state index in [2.05, 4.69) is 37.2 Å². The number of aryl methyl sites for hydroxylation is 1. The predicted molar refractivity (Wildman–Crippen MR) is 89.6 cm³/mol. The molecule has 0 spiro atoms. The van der Waals surface area contributed by atoms with Crippen molar-refractivity contribution < 1.29 is 4.92 Å². The summed E-state index contributed by atoms with van der Waals surface area (Å²) in [6, 6.07) is 5.38. The lowest BCUT2D eigenvalue weighted by atomic mass is 10.1. The quantitative estimate of drug-likeness (QED) is 0.513. The van der Waals surface area contributed by atoms with Crippen molar-refractivity contribution in [2.45, 2.75) is 19.9 Å². The van der Waals surface area contributed by atoms with Crippen LogP contribution in [0.25, 0.3) is 0 Å². The van der Waals surface area contributed by atoms with E-state index in [4.69, 9.17) is 0 Å². The first-order chi connectivity index (χ1) is 9.40. The third kappa shape index (κ3) is 3.21. The molecule has 0 aliphatic heterocycles. The van der Waals surface area contributed by atoms with Crippen molar-refractivity contribution in [3.63, 3.8) is 0 Å². The molecule has 0 saturated carbocycles. The molecule has 0 aliphatic carbocycles. The number of anilines is 1. The Morgan fingerprint density at radius 3 is 2.60 bits per heavy atom. The van der Waals surface area contributed by atoms with Gasteiger partial charge in [-0.15, -0.1) is 11.3 Å². The van der Waals surface area contributed by atoms with Gasteiger partial charge in [0.05, 0.1) is 16.7 Å². The maximum atomic E-state index is 11.0. The summed E-state index contributed by atoms with van der Waals surface area (Å²) in [6.45, 7) is 3.75. The summed E-state index contributed by atoms with van der Waals surface area (Å²) in [5, 5.41) is 16.3. The van der Waals surface area contributed by atoms with Crippen molar-refractivity contribution in [2.24, 2.45) is 0 Å². The zero-order valence-electron chi connectivity index (χ0n) is 10.8. The van der Waals surface area contributed by atoms with E-state index in [1.54, 1.807) is 30.4 Å². The number of benzene rings is 1. The van der Waals surface area contributed by atoms with Gasteiger partial charge in [-0.3, -0.25) is 10.1 Å². The minimum atomic E-state index is -0.362. The lowest BCUT2D eigenvalue weighted by molar-refractivity contribution is -0.385. The highest BCUT2D eigenvalue weighted by Gasteiger charge is 2.17. The Labute approximate surface area is 137 Å². The molecular weight excluding hydrogens is 408 g/mol. The zero-order chi connectivity index (χ0) is 14.9. The van der Waals surface area contributed by atoms with E-state index >= 15 is 0 Å². The van der Waals surface area contributed by atoms with Gasteiger partial charge >= 0.3 is 0 Å². The number of nitrogens with one attached hydrogen (secondary N) is 1. The number of nitro benzene ring substituents is 1. The second-order valence-electron chi connectivity index (χ2n) is 4.37.